The predicted molar refractivity (Wildman–Crippen MR) is 77.4 cm³/mol. The molecule has 4 heteroatoms. The SMILES string of the molecule is COCCOCCCOCc1ccc(C#CCO)cc1. The highest BCUT2D eigenvalue weighted by atomic mass is 16.5. The number of rotatable bonds is 9. The molecule has 0 fully saturated rings. The first-order valence-electron chi connectivity index (χ1n) is 6.70. The van der Waals surface area contributed by atoms with Crippen molar-refractivity contribution in [2.45, 2.75) is 13.0 Å². The maximum atomic E-state index is 8.61. The summed E-state index contributed by atoms with van der Waals surface area (Å²) >= 11 is 0. The summed E-state index contributed by atoms with van der Waals surface area (Å²) in [5.74, 6) is 5.47. The average molecular weight is 278 g/mol. The van der Waals surface area contributed by atoms with Crippen LogP contribution < -0.4 is 0 Å². The monoisotopic (exact) mass is 278 g/mol. The van der Waals surface area contributed by atoms with Gasteiger partial charge in [0.2, 0.25) is 0 Å². The van der Waals surface area contributed by atoms with Crippen molar-refractivity contribution in [1.82, 2.24) is 0 Å². The molecule has 0 aromatic heterocycles. The lowest BCUT2D eigenvalue weighted by Crippen LogP contribution is -2.05. The minimum absolute atomic E-state index is 0.114. The summed E-state index contributed by atoms with van der Waals surface area (Å²) in [4.78, 5) is 0. The molecule has 1 N–H and O–H groups in total. The molecule has 0 aliphatic rings. The molecule has 1 aromatic rings. The van der Waals surface area contributed by atoms with Crippen LogP contribution in [0.3, 0.4) is 0 Å². The molecule has 0 saturated carbocycles. The Bertz CT molecular complexity index is 403. The first kappa shape index (κ1) is 16.7. The van der Waals surface area contributed by atoms with Crippen molar-refractivity contribution in [3.8, 4) is 11.8 Å². The van der Waals surface area contributed by atoms with Gasteiger partial charge in [-0.3, -0.25) is 0 Å². The standard InChI is InChI=1S/C16H22O4/c1-18-12-13-19-10-3-11-20-14-16-7-5-15(6-8-16)4-2-9-17/h5-8,17H,3,9-14H2,1H3. The molecule has 4 nitrogen and oxygen atoms in total. The van der Waals surface area contributed by atoms with E-state index in [1.165, 1.54) is 0 Å². The Morgan fingerprint density at radius 2 is 1.75 bits per heavy atom. The van der Waals surface area contributed by atoms with Crippen LogP contribution in [0, 0.1) is 11.8 Å². The second-order valence-corrected chi connectivity index (χ2v) is 4.17. The summed E-state index contributed by atoms with van der Waals surface area (Å²) in [6, 6.07) is 7.82. The van der Waals surface area contributed by atoms with Gasteiger partial charge in [-0.1, -0.05) is 24.0 Å². The average Bonchev–Trinajstić information content (AvgIpc) is 2.49. The van der Waals surface area contributed by atoms with Gasteiger partial charge in [0.25, 0.3) is 0 Å². The fourth-order valence-electron chi connectivity index (χ4n) is 1.52. The highest BCUT2D eigenvalue weighted by Gasteiger charge is 1.94. The van der Waals surface area contributed by atoms with Gasteiger partial charge in [0, 0.05) is 25.9 Å². The Hall–Kier alpha value is -1.38. The third kappa shape index (κ3) is 7.93. The zero-order valence-electron chi connectivity index (χ0n) is 11.9. The van der Waals surface area contributed by atoms with E-state index in [-0.39, 0.29) is 6.61 Å². The van der Waals surface area contributed by atoms with Crippen molar-refractivity contribution >= 4 is 0 Å². The van der Waals surface area contributed by atoms with Crippen LogP contribution in [0.2, 0.25) is 0 Å². The first-order valence-corrected chi connectivity index (χ1v) is 6.70. The molecule has 0 bridgehead atoms. The van der Waals surface area contributed by atoms with E-state index in [9.17, 15) is 0 Å². The minimum atomic E-state index is -0.114. The number of aliphatic hydroxyl groups is 1. The summed E-state index contributed by atoms with van der Waals surface area (Å²) in [6.45, 7) is 3.11. The van der Waals surface area contributed by atoms with Crippen molar-refractivity contribution in [1.29, 1.82) is 0 Å². The fourth-order valence-corrected chi connectivity index (χ4v) is 1.52. The molecule has 0 spiro atoms. The number of hydrogen-bond donors (Lipinski definition) is 1. The Balaban J connectivity index is 2.10. The largest absolute Gasteiger partial charge is 0.384 e. The zero-order chi connectivity index (χ0) is 14.5. The molecular weight excluding hydrogens is 256 g/mol. The molecule has 0 radical (unpaired) electrons. The van der Waals surface area contributed by atoms with Gasteiger partial charge in [-0.05, 0) is 24.1 Å². The second kappa shape index (κ2) is 11.4. The molecule has 1 rings (SSSR count). The normalized spacial score (nSPS) is 10.1. The number of methoxy groups -OCH3 is 1. The summed E-state index contributed by atoms with van der Waals surface area (Å²) < 4.78 is 15.8. The van der Waals surface area contributed by atoms with Crippen molar-refractivity contribution < 1.29 is 19.3 Å². The predicted octanol–water partition coefficient (Wildman–Crippen LogP) is 1.60. The Morgan fingerprint density at radius 3 is 2.45 bits per heavy atom. The molecule has 0 unspecified atom stereocenters. The van der Waals surface area contributed by atoms with Gasteiger partial charge in [0.05, 0.1) is 19.8 Å². The molecule has 110 valence electrons. The van der Waals surface area contributed by atoms with Crippen molar-refractivity contribution in [3.63, 3.8) is 0 Å². The number of hydrogen-bond acceptors (Lipinski definition) is 4. The third-order valence-corrected chi connectivity index (χ3v) is 2.54. The lowest BCUT2D eigenvalue weighted by atomic mass is 10.1. The smallest absolute Gasteiger partial charge is 0.104 e. The second-order valence-electron chi connectivity index (χ2n) is 4.17. The van der Waals surface area contributed by atoms with E-state index in [0.29, 0.717) is 33.0 Å². The van der Waals surface area contributed by atoms with Gasteiger partial charge < -0.3 is 19.3 Å². The van der Waals surface area contributed by atoms with E-state index in [0.717, 1.165) is 17.5 Å². The van der Waals surface area contributed by atoms with Crippen LogP contribution in [0.15, 0.2) is 24.3 Å². The van der Waals surface area contributed by atoms with Crippen LogP contribution in [0.1, 0.15) is 17.5 Å². The Kier molecular flexibility index (Phi) is 9.54. The summed E-state index contributed by atoms with van der Waals surface area (Å²) in [6.07, 6.45) is 0.879. The van der Waals surface area contributed by atoms with E-state index in [1.54, 1.807) is 7.11 Å². The molecule has 0 amide bonds. The highest BCUT2D eigenvalue weighted by molar-refractivity contribution is 5.35. The number of benzene rings is 1. The Labute approximate surface area is 120 Å². The lowest BCUT2D eigenvalue weighted by Gasteiger charge is -2.05. The van der Waals surface area contributed by atoms with Crippen LogP contribution in [0.4, 0.5) is 0 Å². The quantitative estimate of drug-likeness (QED) is 0.550. The van der Waals surface area contributed by atoms with Crippen LogP contribution >= 0.6 is 0 Å². The van der Waals surface area contributed by atoms with Gasteiger partial charge in [-0.2, -0.15) is 0 Å². The topological polar surface area (TPSA) is 47.9 Å². The van der Waals surface area contributed by atoms with Crippen LogP contribution in [0.5, 0.6) is 0 Å². The van der Waals surface area contributed by atoms with Gasteiger partial charge in [-0.15, -0.1) is 0 Å². The maximum Gasteiger partial charge on any atom is 0.104 e. The van der Waals surface area contributed by atoms with Gasteiger partial charge in [0.15, 0.2) is 0 Å². The number of aliphatic hydroxyl groups excluding tert-OH is 1. The molecule has 0 aliphatic carbocycles. The van der Waals surface area contributed by atoms with Crippen molar-refractivity contribution in [2.75, 3.05) is 40.1 Å². The fraction of sp³-hybridized carbons (Fsp3) is 0.500. The van der Waals surface area contributed by atoms with E-state index >= 15 is 0 Å². The van der Waals surface area contributed by atoms with E-state index in [1.807, 2.05) is 24.3 Å². The molecule has 20 heavy (non-hydrogen) atoms. The van der Waals surface area contributed by atoms with E-state index < -0.39 is 0 Å². The Morgan fingerprint density at radius 1 is 1.00 bits per heavy atom. The molecule has 0 atom stereocenters. The van der Waals surface area contributed by atoms with Crippen molar-refractivity contribution in [3.05, 3.63) is 35.4 Å². The van der Waals surface area contributed by atoms with Gasteiger partial charge in [-0.25, -0.2) is 0 Å². The molecule has 1 aromatic carbocycles. The number of ether oxygens (including phenoxy) is 3. The summed E-state index contributed by atoms with van der Waals surface area (Å²) in [5.41, 5.74) is 2.01. The summed E-state index contributed by atoms with van der Waals surface area (Å²) in [5, 5.41) is 8.61. The highest BCUT2D eigenvalue weighted by Crippen LogP contribution is 2.05. The van der Waals surface area contributed by atoms with Crippen LogP contribution in [-0.4, -0.2) is 45.3 Å². The van der Waals surface area contributed by atoms with Crippen LogP contribution in [0.25, 0.3) is 0 Å². The van der Waals surface area contributed by atoms with E-state index in [4.69, 9.17) is 19.3 Å². The third-order valence-electron chi connectivity index (χ3n) is 2.54. The van der Waals surface area contributed by atoms with Crippen LogP contribution in [-0.2, 0) is 20.8 Å². The maximum absolute atomic E-state index is 8.61. The first-order chi connectivity index (χ1) is 9.86. The zero-order valence-corrected chi connectivity index (χ0v) is 11.9. The molecular formula is C16H22O4. The molecule has 0 saturated heterocycles. The van der Waals surface area contributed by atoms with Gasteiger partial charge >= 0.3 is 0 Å². The molecule has 0 heterocycles. The van der Waals surface area contributed by atoms with Gasteiger partial charge in [0.1, 0.15) is 6.61 Å². The van der Waals surface area contributed by atoms with E-state index in [2.05, 4.69) is 11.8 Å². The minimum Gasteiger partial charge on any atom is -0.384 e. The molecule has 0 aliphatic heterocycles. The van der Waals surface area contributed by atoms with Crippen molar-refractivity contribution in [2.24, 2.45) is 0 Å². The lowest BCUT2D eigenvalue weighted by molar-refractivity contribution is 0.0483. The summed E-state index contributed by atoms with van der Waals surface area (Å²) in [7, 11) is 1.66.